The molecular formula is C5H13Cl3Si. The summed E-state index contributed by atoms with van der Waals surface area (Å²) in [6.45, 7) is 4.92. The predicted molar refractivity (Wildman–Crippen MR) is 49.8 cm³/mol. The van der Waals surface area contributed by atoms with Crippen molar-refractivity contribution >= 4 is 40.0 Å². The second-order valence-electron chi connectivity index (χ2n) is 2.05. The van der Waals surface area contributed by atoms with Crippen LogP contribution in [-0.2, 0) is 0 Å². The van der Waals surface area contributed by atoms with Crippen LogP contribution in [0.1, 0.15) is 27.2 Å². The quantitative estimate of drug-likeness (QED) is 0.456. The maximum atomic E-state index is 4.94. The van der Waals surface area contributed by atoms with Gasteiger partial charge in [0.05, 0.1) is 0 Å². The van der Waals surface area contributed by atoms with Crippen molar-refractivity contribution in [2.75, 3.05) is 0 Å². The van der Waals surface area contributed by atoms with E-state index < -0.39 is 6.73 Å². The van der Waals surface area contributed by atoms with Crippen LogP contribution in [0.15, 0.2) is 0 Å². The Kier molecular flexibility index (Phi) is 12.9. The summed E-state index contributed by atoms with van der Waals surface area (Å²) in [5, 5.41) is 0. The van der Waals surface area contributed by atoms with E-state index in [9.17, 15) is 0 Å². The molecule has 4 heteroatoms. The van der Waals surface area contributed by atoms with Crippen molar-refractivity contribution in [2.24, 2.45) is 5.92 Å². The summed E-state index contributed by atoms with van der Waals surface area (Å²) in [5.41, 5.74) is 0. The second-order valence-corrected chi connectivity index (χ2v) is 8.48. The Morgan fingerprint density at radius 3 is 1.33 bits per heavy atom. The van der Waals surface area contributed by atoms with Gasteiger partial charge in [-0.15, -0.1) is 33.2 Å². The molecule has 0 N–H and O–H groups in total. The molecular weight excluding hydrogens is 194 g/mol. The lowest BCUT2D eigenvalue weighted by atomic mass is 10.2. The standard InChI is InChI=1S/C5H12.Cl3HSi/c1-4-5(2)3;1-4(2)3/h5H,4H2,1-3H3;4H. The van der Waals surface area contributed by atoms with Crippen molar-refractivity contribution in [2.45, 2.75) is 27.2 Å². The van der Waals surface area contributed by atoms with Crippen molar-refractivity contribution < 1.29 is 0 Å². The van der Waals surface area contributed by atoms with Crippen LogP contribution in [0, 0.1) is 5.92 Å². The molecule has 0 aromatic rings. The molecule has 0 unspecified atom stereocenters. The molecule has 0 aliphatic rings. The zero-order valence-electron chi connectivity index (χ0n) is 6.00. The van der Waals surface area contributed by atoms with Crippen molar-refractivity contribution in [3.8, 4) is 0 Å². The summed E-state index contributed by atoms with van der Waals surface area (Å²) < 4.78 is 0. The summed E-state index contributed by atoms with van der Waals surface area (Å²) in [7, 11) is 0. The summed E-state index contributed by atoms with van der Waals surface area (Å²) in [6, 6.07) is 0. The molecule has 0 aromatic carbocycles. The van der Waals surface area contributed by atoms with Gasteiger partial charge in [-0.2, -0.15) is 0 Å². The van der Waals surface area contributed by atoms with Crippen LogP contribution in [-0.4, -0.2) is 6.73 Å². The van der Waals surface area contributed by atoms with Gasteiger partial charge in [0, 0.05) is 0 Å². The van der Waals surface area contributed by atoms with Gasteiger partial charge in [0.1, 0.15) is 0 Å². The molecule has 0 saturated heterocycles. The van der Waals surface area contributed by atoms with Gasteiger partial charge >= 0.3 is 6.73 Å². The first kappa shape index (κ1) is 12.7. The minimum Gasteiger partial charge on any atom is -0.130 e. The molecule has 0 amide bonds. The fourth-order valence-corrected chi connectivity index (χ4v) is 0. The second kappa shape index (κ2) is 9.09. The first-order valence-corrected chi connectivity index (χ1v) is 8.16. The van der Waals surface area contributed by atoms with E-state index in [2.05, 4.69) is 20.8 Å². The van der Waals surface area contributed by atoms with Crippen molar-refractivity contribution in [3.63, 3.8) is 0 Å². The van der Waals surface area contributed by atoms with Crippen molar-refractivity contribution in [1.82, 2.24) is 0 Å². The lowest BCUT2D eigenvalue weighted by Crippen LogP contribution is -1.77. The molecule has 0 aliphatic heterocycles. The lowest BCUT2D eigenvalue weighted by Gasteiger charge is -1.90. The van der Waals surface area contributed by atoms with E-state index >= 15 is 0 Å². The molecule has 0 atom stereocenters. The molecule has 0 aromatic heterocycles. The molecule has 0 bridgehead atoms. The number of rotatable bonds is 1. The summed E-state index contributed by atoms with van der Waals surface area (Å²) in [6.07, 6.45) is 1.31. The van der Waals surface area contributed by atoms with Gasteiger partial charge in [-0.25, -0.2) is 0 Å². The normalized spacial score (nSPS) is 9.33. The third-order valence-electron chi connectivity index (χ3n) is 0.816. The van der Waals surface area contributed by atoms with E-state index in [1.54, 1.807) is 0 Å². The molecule has 0 nitrogen and oxygen atoms in total. The van der Waals surface area contributed by atoms with Crippen LogP contribution in [0.25, 0.3) is 0 Å². The van der Waals surface area contributed by atoms with Gasteiger partial charge in [0.2, 0.25) is 0 Å². The molecule has 0 radical (unpaired) electrons. The monoisotopic (exact) mass is 206 g/mol. The van der Waals surface area contributed by atoms with E-state index in [0.717, 1.165) is 5.92 Å². The number of halogens is 3. The van der Waals surface area contributed by atoms with Crippen LogP contribution < -0.4 is 0 Å². The average Bonchev–Trinajstić information content (AvgIpc) is 1.65. The third-order valence-corrected chi connectivity index (χ3v) is 0.816. The fourth-order valence-electron chi connectivity index (χ4n) is 0. The number of hydrogen-bond donors (Lipinski definition) is 0. The SMILES string of the molecule is CCC(C)C.Cl[SiH](Cl)Cl. The van der Waals surface area contributed by atoms with Gasteiger partial charge in [0.25, 0.3) is 0 Å². The van der Waals surface area contributed by atoms with Gasteiger partial charge in [-0.1, -0.05) is 27.2 Å². The highest BCUT2D eigenvalue weighted by Crippen LogP contribution is 1.97. The minimum atomic E-state index is -1.72. The highest BCUT2D eigenvalue weighted by atomic mass is 35.8. The zero-order chi connectivity index (χ0) is 7.86. The number of hydrogen-bond acceptors (Lipinski definition) is 0. The first-order valence-electron chi connectivity index (χ1n) is 2.92. The Hall–Kier alpha value is 1.09. The van der Waals surface area contributed by atoms with Gasteiger partial charge in [0.15, 0.2) is 0 Å². The highest BCUT2D eigenvalue weighted by molar-refractivity contribution is 7.54. The van der Waals surface area contributed by atoms with Crippen molar-refractivity contribution in [3.05, 3.63) is 0 Å². The van der Waals surface area contributed by atoms with Crippen LogP contribution in [0.4, 0.5) is 0 Å². The molecule has 9 heavy (non-hydrogen) atoms. The van der Waals surface area contributed by atoms with E-state index in [1.165, 1.54) is 6.42 Å². The topological polar surface area (TPSA) is 0 Å². The molecule has 58 valence electrons. The highest BCUT2D eigenvalue weighted by Gasteiger charge is 1.85. The molecule has 0 fully saturated rings. The molecule has 0 aliphatic carbocycles. The maximum absolute atomic E-state index is 4.94. The van der Waals surface area contributed by atoms with Crippen LogP contribution in [0.3, 0.4) is 0 Å². The zero-order valence-corrected chi connectivity index (χ0v) is 9.42. The Balaban J connectivity index is 0. The lowest BCUT2D eigenvalue weighted by molar-refractivity contribution is 0.626. The summed E-state index contributed by atoms with van der Waals surface area (Å²) in [5.74, 6) is 0.884. The van der Waals surface area contributed by atoms with Crippen LogP contribution in [0.2, 0.25) is 0 Å². The van der Waals surface area contributed by atoms with E-state index in [1.807, 2.05) is 0 Å². The summed E-state index contributed by atoms with van der Waals surface area (Å²) in [4.78, 5) is 0. The van der Waals surface area contributed by atoms with Gasteiger partial charge in [-0.05, 0) is 5.92 Å². The maximum Gasteiger partial charge on any atom is 0.326 e. The smallest absolute Gasteiger partial charge is 0.130 e. The molecule has 0 heterocycles. The Morgan fingerprint density at radius 1 is 1.22 bits per heavy atom. The molecule has 0 rings (SSSR count). The van der Waals surface area contributed by atoms with Gasteiger partial charge in [-0.3, -0.25) is 0 Å². The first-order chi connectivity index (χ1) is 4.00. The Labute approximate surface area is 73.2 Å². The summed E-state index contributed by atoms with van der Waals surface area (Å²) >= 11 is 14.8. The van der Waals surface area contributed by atoms with Crippen LogP contribution in [0.5, 0.6) is 0 Å². The third kappa shape index (κ3) is 47.9. The van der Waals surface area contributed by atoms with Gasteiger partial charge < -0.3 is 0 Å². The molecule has 0 saturated carbocycles. The van der Waals surface area contributed by atoms with E-state index in [4.69, 9.17) is 33.2 Å². The van der Waals surface area contributed by atoms with Crippen LogP contribution >= 0.6 is 33.2 Å². The van der Waals surface area contributed by atoms with Crippen molar-refractivity contribution in [1.29, 1.82) is 0 Å². The largest absolute Gasteiger partial charge is 0.326 e. The van der Waals surface area contributed by atoms with E-state index in [0.29, 0.717) is 0 Å². The Morgan fingerprint density at radius 2 is 1.33 bits per heavy atom. The average molecular weight is 208 g/mol. The fraction of sp³-hybridized carbons (Fsp3) is 1.00. The predicted octanol–water partition coefficient (Wildman–Crippen LogP) is 3.47. The van der Waals surface area contributed by atoms with E-state index in [-0.39, 0.29) is 0 Å². The Bertz CT molecular complexity index is 44.7. The molecule has 0 spiro atoms. The minimum absolute atomic E-state index is 0.884.